The van der Waals surface area contributed by atoms with Crippen molar-refractivity contribution in [2.45, 2.75) is 6.04 Å². The second-order valence-corrected chi connectivity index (χ2v) is 8.79. The van der Waals surface area contributed by atoms with E-state index in [0.29, 0.717) is 29.9 Å². The van der Waals surface area contributed by atoms with Gasteiger partial charge >= 0.3 is 0 Å². The van der Waals surface area contributed by atoms with Gasteiger partial charge in [0.25, 0.3) is 11.8 Å². The van der Waals surface area contributed by atoms with Gasteiger partial charge in [-0.2, -0.15) is 0 Å². The van der Waals surface area contributed by atoms with Crippen LogP contribution in [0.25, 0.3) is 0 Å². The molecule has 1 aromatic heterocycles. The zero-order valence-corrected chi connectivity index (χ0v) is 20.0. The summed E-state index contributed by atoms with van der Waals surface area (Å²) in [6, 6.07) is 31.7. The molecule has 0 atom stereocenters. The highest BCUT2D eigenvalue weighted by atomic mass is 16.2. The van der Waals surface area contributed by atoms with Crippen LogP contribution in [0.2, 0.25) is 0 Å². The van der Waals surface area contributed by atoms with Gasteiger partial charge in [0.1, 0.15) is 0 Å². The Balaban J connectivity index is 1.30. The number of para-hydroxylation sites is 1. The number of anilines is 1. The maximum atomic E-state index is 13.5. The van der Waals surface area contributed by atoms with Crippen LogP contribution in [-0.4, -0.2) is 52.8 Å². The van der Waals surface area contributed by atoms with Gasteiger partial charge in [-0.1, -0.05) is 72.8 Å². The van der Waals surface area contributed by atoms with Gasteiger partial charge in [0, 0.05) is 38.6 Å². The summed E-state index contributed by atoms with van der Waals surface area (Å²) in [5, 5.41) is 2.88. The van der Waals surface area contributed by atoms with Crippen LogP contribution in [-0.2, 0) is 0 Å². The van der Waals surface area contributed by atoms with E-state index in [4.69, 9.17) is 0 Å². The molecular formula is C30H28N4O2. The highest BCUT2D eigenvalue weighted by Gasteiger charge is 2.29. The van der Waals surface area contributed by atoms with Crippen molar-refractivity contribution in [1.29, 1.82) is 0 Å². The first-order valence-corrected chi connectivity index (χ1v) is 12.1. The first-order chi connectivity index (χ1) is 17.7. The van der Waals surface area contributed by atoms with Crippen LogP contribution in [0.15, 0.2) is 109 Å². The van der Waals surface area contributed by atoms with E-state index in [1.54, 1.807) is 30.5 Å². The average Bonchev–Trinajstić information content (AvgIpc) is 2.95. The minimum absolute atomic E-state index is 0.0762. The van der Waals surface area contributed by atoms with E-state index in [1.165, 1.54) is 17.3 Å². The molecular weight excluding hydrogens is 448 g/mol. The molecule has 0 aliphatic carbocycles. The summed E-state index contributed by atoms with van der Waals surface area (Å²) in [4.78, 5) is 34.5. The molecule has 0 saturated carbocycles. The highest BCUT2D eigenvalue weighted by Crippen LogP contribution is 2.30. The van der Waals surface area contributed by atoms with Crippen molar-refractivity contribution in [1.82, 2.24) is 14.8 Å². The molecule has 0 radical (unpaired) electrons. The van der Waals surface area contributed by atoms with Gasteiger partial charge < -0.3 is 10.2 Å². The number of pyridine rings is 1. The Kier molecular flexibility index (Phi) is 7.15. The van der Waals surface area contributed by atoms with Crippen LogP contribution in [0, 0.1) is 0 Å². The van der Waals surface area contributed by atoms with Gasteiger partial charge in [-0.15, -0.1) is 0 Å². The number of hydrogen-bond acceptors (Lipinski definition) is 4. The summed E-state index contributed by atoms with van der Waals surface area (Å²) < 4.78 is 0. The minimum atomic E-state index is -0.290. The maximum absolute atomic E-state index is 13.5. The van der Waals surface area contributed by atoms with Crippen LogP contribution in [0.3, 0.4) is 0 Å². The SMILES string of the molecule is O=C(Nc1ccccc1C(=O)N1CCN(C(c2ccccc2)c2ccccc2)CC1)c1cccnc1. The third kappa shape index (κ3) is 5.19. The Morgan fingerprint density at radius 1 is 0.722 bits per heavy atom. The fraction of sp³-hybridized carbons (Fsp3) is 0.167. The molecule has 180 valence electrons. The molecule has 1 N–H and O–H groups in total. The molecule has 2 amide bonds. The number of hydrogen-bond donors (Lipinski definition) is 1. The Morgan fingerprint density at radius 3 is 1.94 bits per heavy atom. The van der Waals surface area contributed by atoms with Gasteiger partial charge in [-0.3, -0.25) is 19.5 Å². The molecule has 0 bridgehead atoms. The lowest BCUT2D eigenvalue weighted by Gasteiger charge is -2.40. The second kappa shape index (κ2) is 11.0. The quantitative estimate of drug-likeness (QED) is 0.431. The summed E-state index contributed by atoms with van der Waals surface area (Å²) >= 11 is 0. The molecule has 3 aromatic carbocycles. The molecule has 6 nitrogen and oxygen atoms in total. The summed E-state index contributed by atoms with van der Waals surface area (Å²) in [7, 11) is 0. The van der Waals surface area contributed by atoms with Gasteiger partial charge in [-0.05, 0) is 35.4 Å². The maximum Gasteiger partial charge on any atom is 0.257 e. The average molecular weight is 477 g/mol. The van der Waals surface area contributed by atoms with E-state index in [1.807, 2.05) is 29.2 Å². The first kappa shape index (κ1) is 23.5. The Hall–Kier alpha value is -4.29. The van der Waals surface area contributed by atoms with E-state index in [-0.39, 0.29) is 17.9 Å². The largest absolute Gasteiger partial charge is 0.336 e. The monoisotopic (exact) mass is 476 g/mol. The first-order valence-electron chi connectivity index (χ1n) is 12.1. The van der Waals surface area contributed by atoms with E-state index >= 15 is 0 Å². The lowest BCUT2D eigenvalue weighted by molar-refractivity contribution is 0.0598. The molecule has 1 saturated heterocycles. The number of aromatic nitrogens is 1. The smallest absolute Gasteiger partial charge is 0.257 e. The molecule has 1 aliphatic heterocycles. The topological polar surface area (TPSA) is 65.5 Å². The molecule has 36 heavy (non-hydrogen) atoms. The number of carbonyl (C=O) groups is 2. The zero-order valence-electron chi connectivity index (χ0n) is 20.0. The molecule has 2 heterocycles. The van der Waals surface area contributed by atoms with Crippen molar-refractivity contribution in [3.05, 3.63) is 132 Å². The van der Waals surface area contributed by atoms with Crippen LogP contribution in [0.4, 0.5) is 5.69 Å². The van der Waals surface area contributed by atoms with Crippen molar-refractivity contribution in [3.63, 3.8) is 0 Å². The van der Waals surface area contributed by atoms with Crippen molar-refractivity contribution >= 4 is 17.5 Å². The number of rotatable bonds is 6. The van der Waals surface area contributed by atoms with Crippen LogP contribution in [0.5, 0.6) is 0 Å². The number of piperazine rings is 1. The normalized spacial score (nSPS) is 14.0. The van der Waals surface area contributed by atoms with Gasteiger partial charge in [0.15, 0.2) is 0 Å². The number of nitrogens with one attached hydrogen (secondary N) is 1. The van der Waals surface area contributed by atoms with Crippen molar-refractivity contribution in [2.24, 2.45) is 0 Å². The number of amides is 2. The molecule has 0 spiro atoms. The Morgan fingerprint density at radius 2 is 1.33 bits per heavy atom. The van der Waals surface area contributed by atoms with Crippen LogP contribution >= 0.6 is 0 Å². The van der Waals surface area contributed by atoms with Gasteiger partial charge in [0.05, 0.1) is 22.9 Å². The van der Waals surface area contributed by atoms with Gasteiger partial charge in [0.2, 0.25) is 0 Å². The lowest BCUT2D eigenvalue weighted by Crippen LogP contribution is -2.50. The van der Waals surface area contributed by atoms with Gasteiger partial charge in [-0.25, -0.2) is 0 Å². The predicted octanol–water partition coefficient (Wildman–Crippen LogP) is 4.88. The summed E-state index contributed by atoms with van der Waals surface area (Å²) in [5.41, 5.74) is 3.93. The van der Waals surface area contributed by atoms with Crippen LogP contribution < -0.4 is 5.32 Å². The molecule has 1 aliphatic rings. The number of carbonyl (C=O) groups excluding carboxylic acids is 2. The lowest BCUT2D eigenvalue weighted by atomic mass is 9.96. The van der Waals surface area contributed by atoms with Crippen LogP contribution in [0.1, 0.15) is 37.9 Å². The minimum Gasteiger partial charge on any atom is -0.336 e. The van der Waals surface area contributed by atoms with E-state index in [9.17, 15) is 9.59 Å². The predicted molar refractivity (Wildman–Crippen MR) is 141 cm³/mol. The van der Waals surface area contributed by atoms with E-state index in [2.05, 4.69) is 63.7 Å². The standard InChI is InChI=1S/C30H28N4O2/c35-29(25-14-9-17-31-22-25)32-27-16-8-7-15-26(27)30(36)34-20-18-33(19-21-34)28(23-10-3-1-4-11-23)24-12-5-2-6-13-24/h1-17,22,28H,18-21H2,(H,32,35). The molecule has 4 aromatic rings. The Labute approximate surface area is 211 Å². The summed E-state index contributed by atoms with van der Waals surface area (Å²) in [6.45, 7) is 2.73. The highest BCUT2D eigenvalue weighted by molar-refractivity contribution is 6.08. The molecule has 1 fully saturated rings. The van der Waals surface area contributed by atoms with Crippen molar-refractivity contribution < 1.29 is 9.59 Å². The number of nitrogens with zero attached hydrogens (tertiary/aromatic N) is 3. The third-order valence-electron chi connectivity index (χ3n) is 6.53. The van der Waals surface area contributed by atoms with Crippen molar-refractivity contribution in [3.8, 4) is 0 Å². The molecule has 0 unspecified atom stereocenters. The molecule has 5 rings (SSSR count). The Bertz CT molecular complexity index is 1270. The van der Waals surface area contributed by atoms with E-state index in [0.717, 1.165) is 13.1 Å². The second-order valence-electron chi connectivity index (χ2n) is 8.79. The van der Waals surface area contributed by atoms with E-state index < -0.39 is 0 Å². The fourth-order valence-corrected chi connectivity index (χ4v) is 4.71. The summed E-state index contributed by atoms with van der Waals surface area (Å²) in [6.07, 6.45) is 3.13. The summed E-state index contributed by atoms with van der Waals surface area (Å²) in [5.74, 6) is -0.366. The zero-order chi connectivity index (χ0) is 24.7. The van der Waals surface area contributed by atoms with Crippen molar-refractivity contribution in [2.75, 3.05) is 31.5 Å². The fourth-order valence-electron chi connectivity index (χ4n) is 4.71. The molecule has 6 heteroatoms. The third-order valence-corrected chi connectivity index (χ3v) is 6.53. The number of benzene rings is 3.